The van der Waals surface area contributed by atoms with Crippen molar-refractivity contribution in [2.24, 2.45) is 5.92 Å². The summed E-state index contributed by atoms with van der Waals surface area (Å²) in [7, 11) is 0. The maximum atomic E-state index is 11.9. The zero-order valence-electron chi connectivity index (χ0n) is 13.3. The van der Waals surface area contributed by atoms with Crippen molar-refractivity contribution in [3.05, 3.63) is 47.5 Å². The lowest BCUT2D eigenvalue weighted by Gasteiger charge is -2.28. The van der Waals surface area contributed by atoms with Crippen molar-refractivity contribution in [2.45, 2.75) is 57.3 Å². The Balaban J connectivity index is 1.68. The van der Waals surface area contributed by atoms with Crippen LogP contribution in [0.2, 0.25) is 0 Å². The van der Waals surface area contributed by atoms with E-state index in [0.29, 0.717) is 12.3 Å². The lowest BCUT2D eigenvalue weighted by atomic mass is 9.77. The molecule has 1 fully saturated rings. The average molecular weight is 299 g/mol. The summed E-state index contributed by atoms with van der Waals surface area (Å²) in [6.45, 7) is -0.240. The summed E-state index contributed by atoms with van der Waals surface area (Å²) in [5, 5.41) is 8.85. The van der Waals surface area contributed by atoms with E-state index in [1.54, 1.807) is 0 Å². The molecular formula is C20H26FN. The van der Waals surface area contributed by atoms with Crippen molar-refractivity contribution < 1.29 is 4.39 Å². The normalized spacial score (nSPS) is 21.8. The monoisotopic (exact) mass is 299 g/mol. The van der Waals surface area contributed by atoms with E-state index in [9.17, 15) is 4.39 Å². The maximum Gasteiger partial charge on any atom is 0.0991 e. The average Bonchev–Trinajstić information content (AvgIpc) is 2.59. The van der Waals surface area contributed by atoms with Crippen LogP contribution in [-0.4, -0.2) is 6.67 Å². The third-order valence-corrected chi connectivity index (χ3v) is 4.78. The third-order valence-electron chi connectivity index (χ3n) is 4.78. The first-order valence-corrected chi connectivity index (χ1v) is 8.54. The van der Waals surface area contributed by atoms with Gasteiger partial charge in [0.1, 0.15) is 0 Å². The van der Waals surface area contributed by atoms with Crippen molar-refractivity contribution in [1.82, 2.24) is 0 Å². The summed E-state index contributed by atoms with van der Waals surface area (Å²) in [6.07, 6.45) is 13.5. The first kappa shape index (κ1) is 16.7. The molecule has 0 aromatic heterocycles. The summed E-state index contributed by atoms with van der Waals surface area (Å²) in [4.78, 5) is 0. The SMILES string of the molecule is N#Cc1ccc(C2CCC(CCCC=CCCF)CC2)cc1. The van der Waals surface area contributed by atoms with Crippen LogP contribution in [0, 0.1) is 17.2 Å². The van der Waals surface area contributed by atoms with Gasteiger partial charge in [0.2, 0.25) is 0 Å². The number of nitrogens with zero attached hydrogens (tertiary/aromatic N) is 1. The molecule has 0 bridgehead atoms. The fourth-order valence-electron chi connectivity index (χ4n) is 3.44. The van der Waals surface area contributed by atoms with Gasteiger partial charge in [-0.2, -0.15) is 5.26 Å². The van der Waals surface area contributed by atoms with Crippen molar-refractivity contribution in [3.63, 3.8) is 0 Å². The maximum absolute atomic E-state index is 11.9. The molecule has 0 amide bonds. The molecule has 0 atom stereocenters. The zero-order valence-corrected chi connectivity index (χ0v) is 13.3. The van der Waals surface area contributed by atoms with Gasteiger partial charge < -0.3 is 0 Å². The van der Waals surface area contributed by atoms with Gasteiger partial charge in [-0.05, 0) is 74.5 Å². The first-order valence-electron chi connectivity index (χ1n) is 8.54. The van der Waals surface area contributed by atoms with Gasteiger partial charge in [-0.3, -0.25) is 4.39 Å². The summed E-state index contributed by atoms with van der Waals surface area (Å²) in [5.41, 5.74) is 2.14. The smallest absolute Gasteiger partial charge is 0.0991 e. The summed E-state index contributed by atoms with van der Waals surface area (Å²) in [5.74, 6) is 1.54. The number of alkyl halides is 1. The van der Waals surface area contributed by atoms with Gasteiger partial charge in [-0.25, -0.2) is 0 Å². The van der Waals surface area contributed by atoms with Gasteiger partial charge in [-0.15, -0.1) is 0 Å². The minimum absolute atomic E-state index is 0.240. The van der Waals surface area contributed by atoms with Gasteiger partial charge in [0.25, 0.3) is 0 Å². The van der Waals surface area contributed by atoms with Crippen LogP contribution in [0.15, 0.2) is 36.4 Å². The Labute approximate surface area is 133 Å². The van der Waals surface area contributed by atoms with Crippen LogP contribution in [0.5, 0.6) is 0 Å². The highest BCUT2D eigenvalue weighted by Gasteiger charge is 2.21. The molecule has 1 aliphatic rings. The molecule has 0 N–H and O–H groups in total. The standard InChI is InChI=1S/C20H26FN/c21-15-5-3-1-2-4-6-17-7-11-19(12-8-17)20-13-9-18(16-22)10-14-20/h1,3,9-10,13-14,17,19H,2,4-8,11-12,15H2. The number of allylic oxidation sites excluding steroid dienone is 2. The molecule has 22 heavy (non-hydrogen) atoms. The minimum Gasteiger partial charge on any atom is -0.251 e. The van der Waals surface area contributed by atoms with Gasteiger partial charge in [0, 0.05) is 0 Å². The lowest BCUT2D eigenvalue weighted by Crippen LogP contribution is -2.13. The van der Waals surface area contributed by atoms with Crippen molar-refractivity contribution in [2.75, 3.05) is 6.67 Å². The second-order valence-electron chi connectivity index (χ2n) is 6.33. The molecule has 1 aromatic carbocycles. The van der Waals surface area contributed by atoms with Gasteiger partial charge in [0.05, 0.1) is 18.3 Å². The van der Waals surface area contributed by atoms with E-state index in [4.69, 9.17) is 5.26 Å². The molecule has 1 nitrogen and oxygen atoms in total. The van der Waals surface area contributed by atoms with E-state index in [1.165, 1.54) is 44.1 Å². The second kappa shape index (κ2) is 9.41. The Morgan fingerprint density at radius 3 is 2.36 bits per heavy atom. The van der Waals surface area contributed by atoms with Crippen LogP contribution in [-0.2, 0) is 0 Å². The van der Waals surface area contributed by atoms with E-state index in [2.05, 4.69) is 24.3 Å². The van der Waals surface area contributed by atoms with Gasteiger partial charge >= 0.3 is 0 Å². The van der Waals surface area contributed by atoms with E-state index in [0.717, 1.165) is 17.9 Å². The fourth-order valence-corrected chi connectivity index (χ4v) is 3.44. The summed E-state index contributed by atoms with van der Waals surface area (Å²) < 4.78 is 11.9. The van der Waals surface area contributed by atoms with Crippen LogP contribution in [0.25, 0.3) is 0 Å². The van der Waals surface area contributed by atoms with Crippen LogP contribution in [0.1, 0.15) is 68.4 Å². The Morgan fingerprint density at radius 2 is 1.73 bits per heavy atom. The number of halogens is 1. The van der Waals surface area contributed by atoms with Crippen molar-refractivity contribution in [1.29, 1.82) is 5.26 Å². The fraction of sp³-hybridized carbons (Fsp3) is 0.550. The summed E-state index contributed by atoms with van der Waals surface area (Å²) >= 11 is 0. The molecule has 1 saturated carbocycles. The van der Waals surface area contributed by atoms with Crippen molar-refractivity contribution in [3.8, 4) is 6.07 Å². The van der Waals surface area contributed by atoms with E-state index >= 15 is 0 Å². The van der Waals surface area contributed by atoms with Gasteiger partial charge in [-0.1, -0.05) is 30.7 Å². The molecule has 0 spiro atoms. The number of benzene rings is 1. The highest BCUT2D eigenvalue weighted by atomic mass is 19.1. The second-order valence-corrected chi connectivity index (χ2v) is 6.33. The number of hydrogen-bond acceptors (Lipinski definition) is 1. The molecular weight excluding hydrogens is 273 g/mol. The molecule has 0 radical (unpaired) electrons. The predicted octanol–water partition coefficient (Wildman–Crippen LogP) is 5.92. The highest BCUT2D eigenvalue weighted by Crippen LogP contribution is 2.37. The summed E-state index contributed by atoms with van der Waals surface area (Å²) in [6, 6.07) is 10.3. The molecule has 1 aliphatic carbocycles. The molecule has 0 heterocycles. The van der Waals surface area contributed by atoms with Crippen LogP contribution in [0.3, 0.4) is 0 Å². The van der Waals surface area contributed by atoms with Crippen molar-refractivity contribution >= 4 is 0 Å². The molecule has 0 saturated heterocycles. The van der Waals surface area contributed by atoms with Gasteiger partial charge in [0.15, 0.2) is 0 Å². The molecule has 1 aromatic rings. The Morgan fingerprint density at radius 1 is 1.05 bits per heavy atom. The number of unbranched alkanes of at least 4 members (excludes halogenated alkanes) is 1. The van der Waals surface area contributed by atoms with Crippen LogP contribution >= 0.6 is 0 Å². The van der Waals surface area contributed by atoms with E-state index < -0.39 is 0 Å². The quantitative estimate of drug-likeness (QED) is 0.453. The number of nitriles is 1. The minimum atomic E-state index is -0.240. The molecule has 2 rings (SSSR count). The van der Waals surface area contributed by atoms with E-state index in [-0.39, 0.29) is 6.67 Å². The lowest BCUT2D eigenvalue weighted by molar-refractivity contribution is 0.305. The zero-order chi connectivity index (χ0) is 15.6. The number of hydrogen-bond donors (Lipinski definition) is 0. The topological polar surface area (TPSA) is 23.8 Å². The Hall–Kier alpha value is -1.62. The van der Waals surface area contributed by atoms with Crippen LogP contribution < -0.4 is 0 Å². The molecule has 118 valence electrons. The molecule has 0 aliphatic heterocycles. The third kappa shape index (κ3) is 5.30. The Bertz CT molecular complexity index is 489. The largest absolute Gasteiger partial charge is 0.251 e. The molecule has 2 heteroatoms. The first-order chi connectivity index (χ1) is 10.8. The Kier molecular flexibility index (Phi) is 7.16. The predicted molar refractivity (Wildman–Crippen MR) is 89.4 cm³/mol. The number of rotatable bonds is 7. The van der Waals surface area contributed by atoms with E-state index in [1.807, 2.05) is 18.2 Å². The van der Waals surface area contributed by atoms with Crippen LogP contribution in [0.4, 0.5) is 4.39 Å². The highest BCUT2D eigenvalue weighted by molar-refractivity contribution is 5.33. The molecule has 0 unspecified atom stereocenters.